The van der Waals surface area contributed by atoms with Gasteiger partial charge in [0.15, 0.2) is 0 Å². The lowest BCUT2D eigenvalue weighted by molar-refractivity contribution is 0.0501. The average Bonchev–Trinajstić information content (AvgIpc) is 3.33. The maximum Gasteiger partial charge on any atom is 0.261 e. The summed E-state index contributed by atoms with van der Waals surface area (Å²) >= 11 is 0. The number of carbonyl (C=O) groups is 4. The van der Waals surface area contributed by atoms with Crippen LogP contribution < -0.4 is 0 Å². The van der Waals surface area contributed by atoms with Crippen molar-refractivity contribution in [3.05, 3.63) is 70.8 Å². The third kappa shape index (κ3) is 11.2. The molecule has 0 aliphatic carbocycles. The van der Waals surface area contributed by atoms with Crippen LogP contribution in [0.1, 0.15) is 263 Å². The summed E-state index contributed by atoms with van der Waals surface area (Å²) < 4.78 is 0. The number of hydrogen-bond acceptors (Lipinski definition) is 4. The number of hydrogen-bond donors (Lipinski definition) is 0. The van der Waals surface area contributed by atoms with E-state index in [4.69, 9.17) is 0 Å². The monoisotopic (exact) mass is 897 g/mol. The van der Waals surface area contributed by atoms with Crippen LogP contribution in [0.5, 0.6) is 0 Å². The lowest BCUT2D eigenvalue weighted by atomic mass is 9.81. The van der Waals surface area contributed by atoms with E-state index in [1.54, 1.807) is 9.80 Å². The second-order valence-corrected chi connectivity index (χ2v) is 19.6. The minimum atomic E-state index is -0.174. The minimum Gasteiger partial charge on any atom is -0.271 e. The molecule has 0 saturated carbocycles. The van der Waals surface area contributed by atoms with Gasteiger partial charge in [-0.3, -0.25) is 29.0 Å². The molecule has 2 aliphatic rings. The predicted octanol–water partition coefficient (Wildman–Crippen LogP) is 17.7. The molecule has 2 aliphatic heterocycles. The third-order valence-corrected chi connectivity index (χ3v) is 15.0. The van der Waals surface area contributed by atoms with Crippen molar-refractivity contribution >= 4 is 66.7 Å². The maximum atomic E-state index is 14.7. The van der Waals surface area contributed by atoms with Crippen molar-refractivity contribution in [1.29, 1.82) is 0 Å². The van der Waals surface area contributed by atoms with E-state index >= 15 is 0 Å². The lowest BCUT2D eigenvalue weighted by Crippen LogP contribution is -2.47. The van der Waals surface area contributed by atoms with Crippen LogP contribution in [0, 0.1) is 0 Å². The number of fused-ring (bicyclic) bond motifs is 2. The Morgan fingerprint density at radius 1 is 0.303 bits per heavy atom. The van der Waals surface area contributed by atoms with Crippen molar-refractivity contribution < 1.29 is 19.2 Å². The number of unbranched alkanes of at least 4 members (excludes halogenated alkanes) is 20. The Kier molecular flexibility index (Phi) is 19.9. The highest BCUT2D eigenvalue weighted by Gasteiger charge is 2.40. The Hall–Kier alpha value is -4.32. The molecular formula is C60H84N2O4. The van der Waals surface area contributed by atoms with E-state index in [9.17, 15) is 19.2 Å². The molecule has 0 unspecified atom stereocenters. The van der Waals surface area contributed by atoms with E-state index in [1.165, 1.54) is 103 Å². The molecule has 4 amide bonds. The molecule has 358 valence electrons. The highest BCUT2D eigenvalue weighted by molar-refractivity contribution is 6.41. The van der Waals surface area contributed by atoms with Crippen LogP contribution in [0.15, 0.2) is 48.5 Å². The maximum absolute atomic E-state index is 14.7. The Morgan fingerprint density at radius 2 is 0.515 bits per heavy atom. The van der Waals surface area contributed by atoms with E-state index in [0.717, 1.165) is 120 Å². The second-order valence-electron chi connectivity index (χ2n) is 19.6. The van der Waals surface area contributed by atoms with Crippen LogP contribution in [0.4, 0.5) is 0 Å². The number of nitrogens with zero attached hydrogens (tertiary/aromatic N) is 2. The molecular weight excluding hydrogens is 813 g/mol. The second kappa shape index (κ2) is 25.7. The summed E-state index contributed by atoms with van der Waals surface area (Å²) in [6, 6.07) is 15.7. The molecule has 5 aromatic rings. The van der Waals surface area contributed by atoms with Gasteiger partial charge in [0.05, 0.1) is 0 Å². The van der Waals surface area contributed by atoms with Crippen LogP contribution in [0.3, 0.4) is 0 Å². The highest BCUT2D eigenvalue weighted by Crippen LogP contribution is 2.47. The van der Waals surface area contributed by atoms with Crippen LogP contribution >= 0.6 is 0 Å². The highest BCUT2D eigenvalue weighted by atomic mass is 16.2. The van der Waals surface area contributed by atoms with Crippen molar-refractivity contribution in [3.63, 3.8) is 0 Å². The van der Waals surface area contributed by atoms with E-state index in [0.29, 0.717) is 22.3 Å². The zero-order chi connectivity index (χ0) is 47.0. The largest absolute Gasteiger partial charge is 0.271 e. The summed E-state index contributed by atoms with van der Waals surface area (Å²) in [7, 11) is 0. The molecule has 0 radical (unpaired) electrons. The third-order valence-electron chi connectivity index (χ3n) is 15.0. The molecule has 0 N–H and O–H groups in total. The molecule has 6 nitrogen and oxygen atoms in total. The van der Waals surface area contributed by atoms with E-state index in [2.05, 4.69) is 52.0 Å². The van der Waals surface area contributed by atoms with E-state index < -0.39 is 0 Å². The summed E-state index contributed by atoms with van der Waals surface area (Å²) in [6.45, 7) is 13.0. The summed E-state index contributed by atoms with van der Waals surface area (Å²) in [6.07, 6.45) is 31.6. The average molecular weight is 897 g/mol. The fraction of sp³-hybridized carbons (Fsp3) is 0.600. The standard InChI is InChI=1S/C58H78N2O4.C2H6/c1-5-9-13-17-21-25-29-41(30-26-22-18-14-10-6-2)59-55(61)47-37-33-43-45-35-39-49-54-50(40-36-46(52(45)54)44-34-38-48(56(59)62)53(47)51(43)44)58(64)60(57(49)63)42(31-27-23-19-15-11-7-3)32-28-24-20-16-12-8-4;1-2/h33-42H,5-32H2,1-4H3;1-2H3. The van der Waals surface area contributed by atoms with E-state index in [-0.39, 0.29) is 35.7 Å². The molecule has 66 heavy (non-hydrogen) atoms. The summed E-state index contributed by atoms with van der Waals surface area (Å²) in [5.74, 6) is -0.696. The van der Waals surface area contributed by atoms with Crippen molar-refractivity contribution in [2.45, 2.75) is 233 Å². The molecule has 0 atom stereocenters. The van der Waals surface area contributed by atoms with Crippen LogP contribution in [-0.4, -0.2) is 45.5 Å². The number of carbonyl (C=O) groups excluding carboxylic acids is 4. The zero-order valence-electron chi connectivity index (χ0n) is 42.1. The molecule has 0 fully saturated rings. The molecule has 7 rings (SSSR count). The van der Waals surface area contributed by atoms with Crippen molar-refractivity contribution in [2.24, 2.45) is 0 Å². The molecule has 0 spiro atoms. The van der Waals surface area contributed by atoms with E-state index in [1.807, 2.05) is 38.1 Å². The fourth-order valence-corrected chi connectivity index (χ4v) is 11.4. The molecule has 0 bridgehead atoms. The molecule has 2 heterocycles. The predicted molar refractivity (Wildman–Crippen MR) is 280 cm³/mol. The van der Waals surface area contributed by atoms with Crippen LogP contribution in [0.25, 0.3) is 43.1 Å². The Morgan fingerprint density at radius 3 is 0.742 bits per heavy atom. The fourth-order valence-electron chi connectivity index (χ4n) is 11.4. The molecule has 0 saturated heterocycles. The number of rotatable bonds is 30. The van der Waals surface area contributed by atoms with Gasteiger partial charge >= 0.3 is 0 Å². The molecule has 0 aromatic heterocycles. The number of amides is 4. The van der Waals surface area contributed by atoms with Gasteiger partial charge in [0.2, 0.25) is 0 Å². The van der Waals surface area contributed by atoms with Gasteiger partial charge in [0.1, 0.15) is 0 Å². The Labute approximate surface area is 398 Å². The van der Waals surface area contributed by atoms with Gasteiger partial charge in [0, 0.05) is 45.1 Å². The molecule has 5 aromatic carbocycles. The lowest BCUT2D eigenvalue weighted by Gasteiger charge is -2.35. The number of benzene rings is 5. The Bertz CT molecular complexity index is 2060. The first-order chi connectivity index (χ1) is 32.4. The van der Waals surface area contributed by atoms with Crippen molar-refractivity contribution in [2.75, 3.05) is 0 Å². The van der Waals surface area contributed by atoms with Crippen molar-refractivity contribution in [3.8, 4) is 0 Å². The van der Waals surface area contributed by atoms with Crippen LogP contribution in [0.2, 0.25) is 0 Å². The van der Waals surface area contributed by atoms with Gasteiger partial charge < -0.3 is 0 Å². The summed E-state index contributed by atoms with van der Waals surface area (Å²) in [4.78, 5) is 62.2. The first kappa shape index (κ1) is 51.1. The molecule has 6 heteroatoms. The minimum absolute atomic E-state index is 0.115. The van der Waals surface area contributed by atoms with Gasteiger partial charge in [0.25, 0.3) is 23.6 Å². The quantitative estimate of drug-likeness (QED) is 0.0199. The van der Waals surface area contributed by atoms with Gasteiger partial charge in [-0.15, -0.1) is 0 Å². The van der Waals surface area contributed by atoms with Crippen molar-refractivity contribution in [1.82, 2.24) is 9.80 Å². The normalized spacial score (nSPS) is 13.8. The van der Waals surface area contributed by atoms with Crippen LogP contribution in [-0.2, 0) is 0 Å². The smallest absolute Gasteiger partial charge is 0.261 e. The zero-order valence-corrected chi connectivity index (χ0v) is 42.1. The summed E-state index contributed by atoms with van der Waals surface area (Å²) in [5.41, 5.74) is 2.40. The van der Waals surface area contributed by atoms with Gasteiger partial charge in [-0.05, 0) is 82.3 Å². The summed E-state index contributed by atoms with van der Waals surface area (Å²) in [5, 5.41) is 7.11. The van der Waals surface area contributed by atoms with Gasteiger partial charge in [-0.25, -0.2) is 0 Å². The number of imide groups is 2. The van der Waals surface area contributed by atoms with Gasteiger partial charge in [-0.1, -0.05) is 220 Å². The Balaban J connectivity index is 0.00000355. The SMILES string of the molecule is CC.CCCCCCCCC(CCCCCCCC)N1C(=O)c2ccc3c4ccc5c6c(ccc(c7ccc(c2c37)C1=O)c64)C(=O)N(C(CCCCCCCC)CCCCCCCC)C5=O. The van der Waals surface area contributed by atoms with Gasteiger partial charge in [-0.2, -0.15) is 0 Å². The topological polar surface area (TPSA) is 74.8 Å². The first-order valence-corrected chi connectivity index (χ1v) is 27.3. The first-order valence-electron chi connectivity index (χ1n) is 27.3.